The Kier molecular flexibility index (Phi) is 74.5. The quantitative estimate of drug-likeness (QED) is 0.00332. The molecular formula is C91H138Cl2N14O19S2. The van der Waals surface area contributed by atoms with E-state index < -0.39 is 61.4 Å². The van der Waals surface area contributed by atoms with Crippen molar-refractivity contribution in [1.29, 1.82) is 0 Å². The van der Waals surface area contributed by atoms with Crippen molar-refractivity contribution in [2.24, 2.45) is 33.2 Å². The van der Waals surface area contributed by atoms with Crippen LogP contribution in [-0.2, 0) is 56.1 Å². The summed E-state index contributed by atoms with van der Waals surface area (Å²) in [5, 5.41) is 62.2. The minimum atomic E-state index is -3.60. The number of carbonyl (C=O) groups is 6. The smallest absolute Gasteiger partial charge is 0.407 e. The van der Waals surface area contributed by atoms with Crippen molar-refractivity contribution in [3.63, 3.8) is 0 Å². The average molecular weight is 1870 g/mol. The number of alkyl carbamates (subject to hydrolysis) is 1. The minimum Gasteiger partial charge on any atom is -0.507 e. The van der Waals surface area contributed by atoms with Gasteiger partial charge in [0.2, 0.25) is 5.91 Å². The molecule has 0 aliphatic carbocycles. The monoisotopic (exact) mass is 1870 g/mol. The lowest BCUT2D eigenvalue weighted by molar-refractivity contribution is -0.121. The molecule has 5 aromatic rings. The zero-order chi connectivity index (χ0) is 99.5. The number of terminal acetylenes is 1. The van der Waals surface area contributed by atoms with Gasteiger partial charge in [-0.1, -0.05) is 201 Å². The van der Waals surface area contributed by atoms with Gasteiger partial charge >= 0.3 is 11.5 Å². The van der Waals surface area contributed by atoms with E-state index in [4.69, 9.17) is 78.6 Å². The number of nitrogens with two attached hydrogens (primary N) is 4. The van der Waals surface area contributed by atoms with Gasteiger partial charge in [0, 0.05) is 88.3 Å². The predicted octanol–water partition coefficient (Wildman–Crippen LogP) is 16.1. The van der Waals surface area contributed by atoms with Crippen molar-refractivity contribution in [3.8, 4) is 30.1 Å². The second kappa shape index (κ2) is 77.3. The zero-order valence-corrected chi connectivity index (χ0v) is 79.5. The van der Waals surface area contributed by atoms with Gasteiger partial charge < -0.3 is 79.2 Å². The third-order valence-electron chi connectivity index (χ3n) is 16.7. The van der Waals surface area contributed by atoms with Gasteiger partial charge in [0.15, 0.2) is 0 Å². The number of carbonyl (C=O) groups excluding carboxylic acids is 6. The number of hydrogen-bond acceptors (Lipinski definition) is 25. The standard InChI is InChI=1S/C33H46N2O3.C12H18N2O2.C11H16N2O2.C8H7ClO2.C7H5ClO2.C6H14O6S2.C4H8N6.C4H12N2.C4H10O2.C2H2/c1-4-5-6-7-8-9-10-11-12-13-14-15-16-17-18-19-20-21-22-27-32(37)34-28(2)29(3)35-33(38)30-25-23-24-26-31(30)36;1-9(13)10(2)14-12(15)16-8-11-6-4-3-5-7-11;1-7(12)8(2)13-11(15)9-5-3-4-6-10(9)14;9-8(10)11-6-7-4-2-1-3-5-7;8-7(10)5-3-1-2-4-6(5)9;1-5(11-13(3,7)8)6(2)12-14(4,9)10;1-3(7-9-5)4(2)8-10-6;2*1-3(5)4(2)6;1-2/h5-6,8-9,11-12,14-15,17-18,20-21,23-26,28-29,36H,4,7,10,13,16,19,22,27H2,1-3H3,(H,34,37)(H,35,38);3-7,9-10H,8,13H2,1-2H3,(H,14,15);3-8,14H,12H2,1-2H3,(H,13,15);1-5H,6H2;1-4,9H;5-6H,1-4H3;3-4H,1-2H3;3-4H,5-6H2,1-2H3;3-6H,1-2H3;1-2H/b6-5-,9-8-,12-11-,15-14-,18-17-,21-20-;;;;;;;;;/i;;;;;;;;;1D. The number of azide groups is 2. The number of aliphatic hydroxyl groups excluding tert-OH is 2. The molecule has 17 N–H and O–H groups in total. The van der Waals surface area contributed by atoms with Crippen molar-refractivity contribution < 1.29 is 90.3 Å². The van der Waals surface area contributed by atoms with Gasteiger partial charge in [-0.2, -0.15) is 16.8 Å². The van der Waals surface area contributed by atoms with Gasteiger partial charge in [-0.05, 0) is 198 Å². The van der Waals surface area contributed by atoms with E-state index in [1.165, 1.54) is 44.5 Å². The molecule has 33 nitrogen and oxygen atoms in total. The van der Waals surface area contributed by atoms with Crippen LogP contribution in [-0.4, -0.2) is 174 Å². The van der Waals surface area contributed by atoms with Gasteiger partial charge in [0.05, 0.1) is 41.4 Å². The third-order valence-corrected chi connectivity index (χ3v) is 18.4. The maximum atomic E-state index is 12.3. The number of phenols is 3. The van der Waals surface area contributed by atoms with Crippen LogP contribution in [0.4, 0.5) is 9.59 Å². The number of hydrogen-bond donors (Lipinski definition) is 13. The Bertz CT molecular complexity index is 4410. The summed E-state index contributed by atoms with van der Waals surface area (Å²) in [5.74, 6) is -0.895. The zero-order valence-electron chi connectivity index (χ0n) is 77.4. The van der Waals surface area contributed by atoms with E-state index in [9.17, 15) is 55.8 Å². The van der Waals surface area contributed by atoms with Crippen LogP contribution >= 0.6 is 23.2 Å². The molecule has 37 heteroatoms. The molecule has 0 bridgehead atoms. The number of halogens is 2. The number of para-hydroxylation sites is 3. The molecule has 0 aliphatic heterocycles. The molecule has 4 amide bonds. The topological polar surface area (TPSA) is 558 Å². The fourth-order valence-electron chi connectivity index (χ4n) is 7.96. The van der Waals surface area contributed by atoms with Crippen molar-refractivity contribution in [3.05, 3.63) is 255 Å². The van der Waals surface area contributed by atoms with Crippen LogP contribution in [0, 0.1) is 12.8 Å². The summed E-state index contributed by atoms with van der Waals surface area (Å²) < 4.78 is 67.1. The molecule has 0 saturated heterocycles. The normalized spacial score (nSPS) is 14.1. The maximum Gasteiger partial charge on any atom is 0.407 e. The highest BCUT2D eigenvalue weighted by molar-refractivity contribution is 7.86. The van der Waals surface area contributed by atoms with Gasteiger partial charge in [0.25, 0.3) is 37.3 Å². The van der Waals surface area contributed by atoms with Crippen molar-refractivity contribution in [2.75, 3.05) is 12.5 Å². The number of allylic oxidation sites excluding steroid dienone is 12. The van der Waals surface area contributed by atoms with Gasteiger partial charge in [-0.15, -0.1) is 12.8 Å². The Labute approximate surface area is 769 Å². The highest BCUT2D eigenvalue weighted by atomic mass is 35.5. The molecule has 14 atom stereocenters. The molecule has 0 aliphatic rings. The molecule has 14 unspecified atom stereocenters. The lowest BCUT2D eigenvalue weighted by atomic mass is 10.1. The molecule has 0 heterocycles. The molecule has 5 rings (SSSR count). The van der Waals surface area contributed by atoms with Gasteiger partial charge in [0.1, 0.15) is 44.0 Å². The van der Waals surface area contributed by atoms with E-state index in [1.807, 2.05) is 122 Å². The van der Waals surface area contributed by atoms with E-state index in [0.717, 1.165) is 62.2 Å². The summed E-state index contributed by atoms with van der Waals surface area (Å²) in [6.45, 7) is 26.7. The third kappa shape index (κ3) is 75.3. The summed E-state index contributed by atoms with van der Waals surface area (Å²) >= 11 is 10.1. The molecule has 0 fully saturated rings. The average Bonchev–Trinajstić information content (AvgIpc) is 0.802. The Hall–Kier alpha value is -10.9. The summed E-state index contributed by atoms with van der Waals surface area (Å²) in [6.07, 6.45) is 37.0. The molecule has 0 radical (unpaired) electrons. The largest absolute Gasteiger partial charge is 0.507 e. The number of amides is 4. The van der Waals surface area contributed by atoms with Crippen LogP contribution in [0.25, 0.3) is 20.9 Å². The first-order chi connectivity index (χ1) is 60.5. The van der Waals surface area contributed by atoms with Crippen LogP contribution in [0.3, 0.4) is 0 Å². The number of aromatic hydroxyl groups is 3. The van der Waals surface area contributed by atoms with Crippen LogP contribution < -0.4 is 44.2 Å². The fraction of sp³-hybridized carbons (Fsp3) is 0.451. The number of nitrogens with zero attached hydrogens (tertiary/aromatic N) is 6. The molecule has 712 valence electrons. The first kappa shape index (κ1) is 123. The Morgan fingerprint density at radius 2 is 0.758 bits per heavy atom. The van der Waals surface area contributed by atoms with Crippen LogP contribution in [0.15, 0.2) is 217 Å². The van der Waals surface area contributed by atoms with E-state index in [-0.39, 0.29) is 125 Å². The van der Waals surface area contributed by atoms with Crippen molar-refractivity contribution in [1.82, 2.24) is 21.3 Å². The van der Waals surface area contributed by atoms with Crippen molar-refractivity contribution >= 4 is 77.9 Å². The van der Waals surface area contributed by atoms with Gasteiger partial charge in [-0.25, -0.2) is 9.59 Å². The Morgan fingerprint density at radius 1 is 0.461 bits per heavy atom. The molecule has 0 aromatic heterocycles. The summed E-state index contributed by atoms with van der Waals surface area (Å²) in [7, 11) is -7.20. The first-order valence-electron chi connectivity index (χ1n) is 41.3. The second-order valence-corrected chi connectivity index (χ2v) is 32.3. The van der Waals surface area contributed by atoms with E-state index in [2.05, 4.69) is 135 Å². The number of nitrogens with one attached hydrogen (secondary N) is 4. The maximum absolute atomic E-state index is 12.3. The second-order valence-electron chi connectivity index (χ2n) is 28.5. The summed E-state index contributed by atoms with van der Waals surface area (Å²) in [6, 6.07) is 36.6. The minimum absolute atomic E-state index is 0.0214. The predicted molar refractivity (Wildman–Crippen MR) is 511 cm³/mol. The Balaban J connectivity index is -0.000000477. The summed E-state index contributed by atoms with van der Waals surface area (Å²) in [4.78, 5) is 73.3. The van der Waals surface area contributed by atoms with Crippen LogP contribution in [0.5, 0.6) is 17.2 Å². The number of rotatable bonds is 38. The first-order valence-corrected chi connectivity index (χ1v) is 45.2. The molecular weight excluding hydrogens is 1730 g/mol. The number of benzene rings is 5. The fourth-order valence-corrected chi connectivity index (χ4v) is 9.59. The van der Waals surface area contributed by atoms with E-state index in [0.29, 0.717) is 12.8 Å². The van der Waals surface area contributed by atoms with E-state index >= 15 is 0 Å². The SMILES string of the molecule is CC(N)C(C)N.CC(N)C(C)NC(=O)OCc1ccccc1.CC(N)C(C)NC(=O)c1ccccc1O.CC(N=[N+]=[N-])C(C)N=[N+]=[N-].CC(O)C(C)O.CC(OS(C)(=O)=O)C(C)OS(C)(=O)=O.CC/C=C\C/C=C\C/C=C\C/C=C\C/C=C\C/C=C\CCC(=O)NC(C)C(C)NC(=O)c1ccccc1O.O=C(Cl)OCc1ccccc1.O=C(Cl)c1ccccc1O.[2H]C#C. The van der Waals surface area contributed by atoms with Crippen LogP contribution in [0.2, 0.25) is 0 Å². The highest BCUT2D eigenvalue weighted by Crippen LogP contribution is 2.19. The lowest BCUT2D eigenvalue weighted by Crippen LogP contribution is -2.48. The van der Waals surface area contributed by atoms with E-state index in [1.54, 1.807) is 76.2 Å². The Morgan fingerprint density at radius 3 is 1.05 bits per heavy atom. The van der Waals surface area contributed by atoms with Crippen molar-refractivity contribution in [2.45, 2.75) is 253 Å². The highest BCUT2D eigenvalue weighted by Gasteiger charge is 2.23. The molecule has 0 spiro atoms. The number of phenolic OH excluding ortho intramolecular Hbond substituents is 3. The van der Waals surface area contributed by atoms with Gasteiger partial charge in [-0.3, -0.25) is 27.5 Å². The molecule has 128 heavy (non-hydrogen) atoms. The number of ether oxygens (including phenoxy) is 2. The summed E-state index contributed by atoms with van der Waals surface area (Å²) in [5.41, 5.74) is 39.6. The molecule has 0 saturated carbocycles. The van der Waals surface area contributed by atoms with Crippen LogP contribution in [0.1, 0.15) is 199 Å². The molecule has 5 aromatic carbocycles. The lowest BCUT2D eigenvalue weighted by Gasteiger charge is -2.22. The number of aliphatic hydroxyl groups is 2.